The number of hydrogen-bond acceptors (Lipinski definition) is 4. The number of nitrogens with one attached hydrogen (secondary N) is 1. The molecule has 5 rings (SSSR count). The van der Waals surface area contributed by atoms with Crippen LogP contribution in [0.5, 0.6) is 11.5 Å². The standard InChI is InChI=1S/C24H22N2O3/c1-2-16-6-8-17(9-7-16)19-4-3-5-22(25-19)26-23(27)24(12-13-24)18-10-11-20-21(14-18)29-15-28-20/h3-11,14H,2,12-13,15H2,1H3,(H,25,26,27). The topological polar surface area (TPSA) is 60.5 Å². The predicted molar refractivity (Wildman–Crippen MR) is 111 cm³/mol. The first-order valence-electron chi connectivity index (χ1n) is 9.96. The van der Waals surface area contributed by atoms with Crippen molar-refractivity contribution in [3.05, 3.63) is 71.8 Å². The van der Waals surface area contributed by atoms with E-state index in [4.69, 9.17) is 9.47 Å². The van der Waals surface area contributed by atoms with Gasteiger partial charge in [0.05, 0.1) is 11.1 Å². The number of anilines is 1. The normalized spacial score (nSPS) is 15.8. The number of fused-ring (bicyclic) bond motifs is 1. The van der Waals surface area contributed by atoms with Crippen LogP contribution in [0.15, 0.2) is 60.7 Å². The Morgan fingerprint density at radius 2 is 1.83 bits per heavy atom. The first-order chi connectivity index (χ1) is 14.2. The lowest BCUT2D eigenvalue weighted by Gasteiger charge is -2.16. The average Bonchev–Trinajstić information content (AvgIpc) is 3.45. The third kappa shape index (κ3) is 3.23. The molecule has 1 fully saturated rings. The molecule has 2 heterocycles. The van der Waals surface area contributed by atoms with E-state index in [9.17, 15) is 4.79 Å². The zero-order valence-corrected chi connectivity index (χ0v) is 16.3. The number of aromatic nitrogens is 1. The number of benzene rings is 2. The Morgan fingerprint density at radius 1 is 1.03 bits per heavy atom. The van der Waals surface area contributed by atoms with Gasteiger partial charge in [-0.3, -0.25) is 4.79 Å². The van der Waals surface area contributed by atoms with E-state index < -0.39 is 5.41 Å². The molecule has 5 heteroatoms. The van der Waals surface area contributed by atoms with Crippen LogP contribution in [0, 0.1) is 0 Å². The van der Waals surface area contributed by atoms with Crippen LogP contribution < -0.4 is 14.8 Å². The van der Waals surface area contributed by atoms with Crippen molar-refractivity contribution < 1.29 is 14.3 Å². The first-order valence-corrected chi connectivity index (χ1v) is 9.96. The summed E-state index contributed by atoms with van der Waals surface area (Å²) in [4.78, 5) is 17.8. The molecule has 1 amide bonds. The van der Waals surface area contributed by atoms with Crippen molar-refractivity contribution in [2.75, 3.05) is 12.1 Å². The SMILES string of the molecule is CCc1ccc(-c2cccc(NC(=O)C3(c4ccc5c(c4)OCO5)CC3)n2)cc1. The van der Waals surface area contributed by atoms with Gasteiger partial charge in [0.15, 0.2) is 11.5 Å². The van der Waals surface area contributed by atoms with Crippen molar-refractivity contribution >= 4 is 11.7 Å². The van der Waals surface area contributed by atoms with Gasteiger partial charge in [-0.15, -0.1) is 0 Å². The molecule has 0 radical (unpaired) electrons. The van der Waals surface area contributed by atoms with Crippen LogP contribution in [0.3, 0.4) is 0 Å². The van der Waals surface area contributed by atoms with Crippen LogP contribution >= 0.6 is 0 Å². The van der Waals surface area contributed by atoms with E-state index in [1.54, 1.807) is 0 Å². The maximum atomic E-state index is 13.1. The van der Waals surface area contributed by atoms with Crippen LogP contribution in [0.25, 0.3) is 11.3 Å². The van der Waals surface area contributed by atoms with Gasteiger partial charge in [-0.2, -0.15) is 0 Å². The Hall–Kier alpha value is -3.34. The third-order valence-corrected chi connectivity index (χ3v) is 5.76. The van der Waals surface area contributed by atoms with Gasteiger partial charge < -0.3 is 14.8 Å². The van der Waals surface area contributed by atoms with Crippen molar-refractivity contribution in [1.29, 1.82) is 0 Å². The second kappa shape index (κ2) is 6.92. The number of nitrogens with zero attached hydrogens (tertiary/aromatic N) is 1. The van der Waals surface area contributed by atoms with Gasteiger partial charge in [0.25, 0.3) is 0 Å². The molecular formula is C24H22N2O3. The zero-order valence-electron chi connectivity index (χ0n) is 16.3. The van der Waals surface area contributed by atoms with Crippen LogP contribution in [0.4, 0.5) is 5.82 Å². The Bertz CT molecular complexity index is 1070. The van der Waals surface area contributed by atoms with E-state index >= 15 is 0 Å². The van der Waals surface area contributed by atoms with Crippen molar-refractivity contribution in [3.63, 3.8) is 0 Å². The molecule has 29 heavy (non-hydrogen) atoms. The lowest BCUT2D eigenvalue weighted by molar-refractivity contribution is -0.118. The number of hydrogen-bond donors (Lipinski definition) is 1. The number of aryl methyl sites for hydroxylation is 1. The van der Waals surface area contributed by atoms with E-state index in [1.807, 2.05) is 36.4 Å². The van der Waals surface area contributed by atoms with Crippen molar-refractivity contribution in [3.8, 4) is 22.8 Å². The maximum Gasteiger partial charge on any atom is 0.236 e. The summed E-state index contributed by atoms with van der Waals surface area (Å²) in [5.74, 6) is 1.98. The quantitative estimate of drug-likeness (QED) is 0.690. The first kappa shape index (κ1) is 17.7. The van der Waals surface area contributed by atoms with Gasteiger partial charge in [-0.05, 0) is 54.7 Å². The van der Waals surface area contributed by atoms with Gasteiger partial charge in [0, 0.05) is 5.56 Å². The Kier molecular flexibility index (Phi) is 4.23. The molecule has 3 aromatic rings. The fourth-order valence-corrected chi connectivity index (χ4v) is 3.78. The molecule has 0 saturated heterocycles. The Morgan fingerprint density at radius 3 is 2.59 bits per heavy atom. The van der Waals surface area contributed by atoms with E-state index in [2.05, 4.69) is 41.5 Å². The number of carbonyl (C=O) groups excluding carboxylic acids is 1. The number of ether oxygens (including phenoxy) is 2. The van der Waals surface area contributed by atoms with Crippen molar-refractivity contribution in [1.82, 2.24) is 4.98 Å². The molecular weight excluding hydrogens is 364 g/mol. The summed E-state index contributed by atoms with van der Waals surface area (Å²) in [7, 11) is 0. The van der Waals surface area contributed by atoms with Crippen LogP contribution in [-0.2, 0) is 16.6 Å². The molecule has 0 bridgehead atoms. The third-order valence-electron chi connectivity index (χ3n) is 5.76. The number of pyridine rings is 1. The second-order valence-electron chi connectivity index (χ2n) is 7.56. The highest BCUT2D eigenvalue weighted by molar-refractivity contribution is 6.01. The van der Waals surface area contributed by atoms with Gasteiger partial charge in [-0.25, -0.2) is 4.98 Å². The molecule has 1 aromatic heterocycles. The highest BCUT2D eigenvalue weighted by Gasteiger charge is 2.51. The maximum absolute atomic E-state index is 13.1. The van der Waals surface area contributed by atoms with E-state index in [1.165, 1.54) is 5.56 Å². The summed E-state index contributed by atoms with van der Waals surface area (Å²) >= 11 is 0. The van der Waals surface area contributed by atoms with Crippen molar-refractivity contribution in [2.45, 2.75) is 31.6 Å². The molecule has 1 saturated carbocycles. The largest absolute Gasteiger partial charge is 0.454 e. The molecule has 1 aliphatic carbocycles. The molecule has 146 valence electrons. The Labute approximate surface area is 169 Å². The number of rotatable bonds is 5. The molecule has 2 aliphatic rings. The minimum absolute atomic E-state index is 0.0256. The van der Waals surface area contributed by atoms with Gasteiger partial charge in [0.2, 0.25) is 12.7 Å². The Balaban J connectivity index is 1.37. The monoisotopic (exact) mass is 386 g/mol. The molecule has 0 spiro atoms. The summed E-state index contributed by atoms with van der Waals surface area (Å²) in [5.41, 5.74) is 3.62. The fourth-order valence-electron chi connectivity index (χ4n) is 3.78. The molecule has 5 nitrogen and oxygen atoms in total. The van der Waals surface area contributed by atoms with Crippen LogP contribution in [0.1, 0.15) is 30.9 Å². The van der Waals surface area contributed by atoms with Crippen LogP contribution in [-0.4, -0.2) is 17.7 Å². The summed E-state index contributed by atoms with van der Waals surface area (Å²) in [6.45, 7) is 2.37. The fraction of sp³-hybridized carbons (Fsp3) is 0.250. The highest BCUT2D eigenvalue weighted by Crippen LogP contribution is 2.51. The van der Waals surface area contributed by atoms with E-state index in [-0.39, 0.29) is 12.7 Å². The van der Waals surface area contributed by atoms with Gasteiger partial charge in [-0.1, -0.05) is 43.3 Å². The minimum atomic E-state index is -0.512. The lowest BCUT2D eigenvalue weighted by atomic mass is 9.94. The average molecular weight is 386 g/mol. The second-order valence-corrected chi connectivity index (χ2v) is 7.56. The molecule has 1 aliphatic heterocycles. The van der Waals surface area contributed by atoms with Crippen LogP contribution in [0.2, 0.25) is 0 Å². The molecule has 0 unspecified atom stereocenters. The molecule has 2 aromatic carbocycles. The lowest BCUT2D eigenvalue weighted by Crippen LogP contribution is -2.28. The smallest absolute Gasteiger partial charge is 0.236 e. The van der Waals surface area contributed by atoms with Gasteiger partial charge in [0.1, 0.15) is 5.82 Å². The molecule has 0 atom stereocenters. The van der Waals surface area contributed by atoms with Gasteiger partial charge >= 0.3 is 0 Å². The number of carbonyl (C=O) groups is 1. The summed E-state index contributed by atoms with van der Waals surface area (Å²) in [6, 6.07) is 19.8. The van der Waals surface area contributed by atoms with Crippen molar-refractivity contribution in [2.24, 2.45) is 0 Å². The highest BCUT2D eigenvalue weighted by atomic mass is 16.7. The number of amides is 1. The summed E-state index contributed by atoms with van der Waals surface area (Å²) in [6.07, 6.45) is 2.64. The summed E-state index contributed by atoms with van der Waals surface area (Å²) < 4.78 is 10.9. The molecule has 1 N–H and O–H groups in total. The van der Waals surface area contributed by atoms with E-state index in [0.717, 1.165) is 41.8 Å². The predicted octanol–water partition coefficient (Wildman–Crippen LogP) is 4.71. The zero-order chi connectivity index (χ0) is 19.8. The van der Waals surface area contributed by atoms with E-state index in [0.29, 0.717) is 11.6 Å². The minimum Gasteiger partial charge on any atom is -0.454 e. The summed E-state index contributed by atoms with van der Waals surface area (Å²) in [5, 5.41) is 3.02.